The van der Waals surface area contributed by atoms with Crippen molar-refractivity contribution in [2.45, 2.75) is 112 Å². The number of aromatic amines is 1. The minimum absolute atomic E-state index is 0.00249. The number of aliphatic hydroxyl groups is 2. The number of phenolic OH excluding ortho intramolecular Hbond substituents is 2. The molecule has 1 aliphatic heterocycles. The van der Waals surface area contributed by atoms with Crippen LogP contribution >= 0.6 is 21.6 Å². The summed E-state index contributed by atoms with van der Waals surface area (Å²) in [6, 6.07) is 12.9. The van der Waals surface area contributed by atoms with Gasteiger partial charge in [0, 0.05) is 69.8 Å². The largest absolute Gasteiger partial charge is 0.507 e. The maximum atomic E-state index is 14.1. The van der Waals surface area contributed by atoms with Crippen LogP contribution in [0.2, 0.25) is 0 Å². The lowest BCUT2D eigenvalue weighted by atomic mass is 9.72. The highest BCUT2D eigenvalue weighted by atomic mass is 33.1. The number of ether oxygens (including phenoxy) is 4. The lowest BCUT2D eigenvalue weighted by Crippen LogP contribution is -2.55. The van der Waals surface area contributed by atoms with Crippen LogP contribution in [0.5, 0.6) is 17.2 Å². The number of alkyl carbamates (subject to hydrolysis) is 1. The van der Waals surface area contributed by atoms with E-state index in [9.17, 15) is 73.8 Å². The fraction of sp³-hybridized carbons (Fsp3) is 0.333. The smallest absolute Gasteiger partial charge is 0.407 e. The SMILES string of the molecule is COc1cccc2c1C(=O)c1c(O)c3c(c(O)c1C2=O)C[C@@](O)(C(C)=O)CC3OC1CC(NC(=O)OCc2ccccc2SSCC(NC(=O)CCC(NC(=O)c2ccc(NCc3cnc4nc(N)[nH]c(=O)c4n3)cc2)C(=O)O)C(=O)O)C(O)C(C)O1. The number of aliphatic carboxylic acids is 2. The number of ketones is 3. The molecule has 0 saturated carbocycles. The van der Waals surface area contributed by atoms with Crippen LogP contribution in [-0.2, 0) is 53.0 Å². The molecule has 3 heterocycles. The number of methoxy groups -OCH3 is 1. The Hall–Kier alpha value is -9.20. The topological polar surface area (TPSA) is 441 Å². The standard InChI is InChI=1S/C57H57N9O19S2/c1-24-45(69)33(17-39(84-24)85-36-19-57(81,25(2)67)18-31-41(36)49(73)43-42(47(31)71)46(70)30-8-6-9-35(82-3)40(30)48(43)72)64-56(80)83-22-27-7-4-5-10-37(27)87-86-23-34(54(78)79)62-38(68)16-15-32(53(76)77)63-51(74)26-11-13-28(14-12-26)59-20-29-21-60-50-44(61-29)52(75)66-55(58)65-50/h4-14,21,24,32-34,36,39,45,59,69,71,73,81H,15-20,22-23H2,1-3H3,(H,62,68)(H,63,74)(H,64,80)(H,76,77)(H,78,79)(H3,58,60,65,66,75)/t24?,32?,33?,34?,36?,39?,45?,57-/m0/s1. The fourth-order valence-corrected chi connectivity index (χ4v) is 12.6. The number of carboxylic acid groups (broad SMARTS) is 2. The summed E-state index contributed by atoms with van der Waals surface area (Å²) in [5, 5.41) is 76.7. The van der Waals surface area contributed by atoms with E-state index in [1.807, 2.05) is 0 Å². The van der Waals surface area contributed by atoms with Gasteiger partial charge in [0.2, 0.25) is 17.6 Å². The van der Waals surface area contributed by atoms with Crippen molar-refractivity contribution in [3.8, 4) is 17.2 Å². The molecule has 9 rings (SSSR count). The van der Waals surface area contributed by atoms with E-state index < -0.39 is 143 Å². The van der Waals surface area contributed by atoms with E-state index in [1.165, 1.54) is 50.6 Å². The summed E-state index contributed by atoms with van der Waals surface area (Å²) in [4.78, 5) is 132. The van der Waals surface area contributed by atoms with E-state index in [-0.39, 0.29) is 82.4 Å². The molecule has 4 aromatic carbocycles. The number of nitrogens with zero attached hydrogens (tertiary/aromatic N) is 3. The number of carboxylic acids is 2. The molecule has 0 radical (unpaired) electrons. The second kappa shape index (κ2) is 26.2. The molecule has 0 spiro atoms. The van der Waals surface area contributed by atoms with Crippen molar-refractivity contribution in [2.75, 3.05) is 23.9 Å². The third-order valence-electron chi connectivity index (χ3n) is 14.8. The Morgan fingerprint density at radius 3 is 2.34 bits per heavy atom. The Bertz CT molecular complexity index is 3810. The molecular formula is C57H57N9O19S2. The summed E-state index contributed by atoms with van der Waals surface area (Å²) in [5.41, 5.74) is 2.66. The number of aliphatic hydroxyl groups excluding tert-OH is 1. The Kier molecular flexibility index (Phi) is 18.8. The van der Waals surface area contributed by atoms with Crippen molar-refractivity contribution in [2.24, 2.45) is 0 Å². The highest BCUT2D eigenvalue weighted by molar-refractivity contribution is 8.76. The third-order valence-corrected chi connectivity index (χ3v) is 17.2. The molecule has 2 aliphatic carbocycles. The van der Waals surface area contributed by atoms with Crippen LogP contribution in [-0.4, -0.2) is 153 Å². The summed E-state index contributed by atoms with van der Waals surface area (Å²) in [5.74, 6) is -8.50. The van der Waals surface area contributed by atoms with E-state index in [2.05, 4.69) is 41.2 Å². The first-order chi connectivity index (χ1) is 41.4. The van der Waals surface area contributed by atoms with Gasteiger partial charge in [-0.25, -0.2) is 24.4 Å². The molecule has 87 heavy (non-hydrogen) atoms. The second-order valence-electron chi connectivity index (χ2n) is 20.6. The molecule has 30 heteroatoms. The van der Waals surface area contributed by atoms with Gasteiger partial charge in [0.15, 0.2) is 29.0 Å². The molecule has 2 aromatic heterocycles. The monoisotopic (exact) mass is 1240 g/mol. The summed E-state index contributed by atoms with van der Waals surface area (Å²) in [6.45, 7) is 2.42. The number of nitrogens with one attached hydrogen (secondary N) is 5. The van der Waals surface area contributed by atoms with Crippen molar-refractivity contribution in [1.82, 2.24) is 35.9 Å². The molecule has 3 amide bonds. The first-order valence-corrected chi connectivity index (χ1v) is 29.1. The van der Waals surface area contributed by atoms with Gasteiger partial charge < -0.3 is 76.6 Å². The Morgan fingerprint density at radius 2 is 1.63 bits per heavy atom. The number of carbonyl (C=O) groups excluding carboxylic acids is 6. The number of amides is 3. The molecule has 28 nitrogen and oxygen atoms in total. The van der Waals surface area contributed by atoms with E-state index in [4.69, 9.17) is 24.7 Å². The van der Waals surface area contributed by atoms with Crippen molar-refractivity contribution in [1.29, 1.82) is 0 Å². The number of Topliss-reactive ketones (excluding diaryl/α,β-unsaturated/α-hetero) is 1. The molecule has 8 atom stereocenters. The van der Waals surface area contributed by atoms with Crippen LogP contribution in [0.15, 0.2) is 82.6 Å². The van der Waals surface area contributed by atoms with Crippen LogP contribution < -0.4 is 37.3 Å². The van der Waals surface area contributed by atoms with E-state index in [0.717, 1.165) is 28.5 Å². The number of hydrogen-bond donors (Lipinski definition) is 12. The molecule has 3 aliphatic rings. The van der Waals surface area contributed by atoms with Crippen LogP contribution in [0.4, 0.5) is 16.4 Å². The van der Waals surface area contributed by atoms with Crippen LogP contribution in [0.25, 0.3) is 11.2 Å². The first-order valence-electron chi connectivity index (χ1n) is 26.8. The number of phenols is 2. The molecule has 7 unspecified atom stereocenters. The van der Waals surface area contributed by atoms with Crippen molar-refractivity contribution in [3.05, 3.63) is 133 Å². The van der Waals surface area contributed by atoms with Gasteiger partial charge in [-0.05, 0) is 56.7 Å². The van der Waals surface area contributed by atoms with Gasteiger partial charge in [-0.3, -0.25) is 33.8 Å². The molecule has 6 aromatic rings. The molecule has 0 bridgehead atoms. The number of fused-ring (bicyclic) bond motifs is 4. The quantitative estimate of drug-likeness (QED) is 0.0342. The molecule has 13 N–H and O–H groups in total. The number of aromatic hydroxyl groups is 2. The highest BCUT2D eigenvalue weighted by Crippen LogP contribution is 2.52. The van der Waals surface area contributed by atoms with Gasteiger partial charge in [0.1, 0.15) is 47.6 Å². The van der Waals surface area contributed by atoms with Gasteiger partial charge >= 0.3 is 18.0 Å². The van der Waals surface area contributed by atoms with Crippen LogP contribution in [0.1, 0.15) is 110 Å². The number of anilines is 2. The van der Waals surface area contributed by atoms with Crippen molar-refractivity contribution in [3.63, 3.8) is 0 Å². The number of hydrogen-bond acceptors (Lipinski definition) is 24. The predicted molar refractivity (Wildman–Crippen MR) is 308 cm³/mol. The average molecular weight is 1240 g/mol. The van der Waals surface area contributed by atoms with E-state index >= 15 is 0 Å². The van der Waals surface area contributed by atoms with Gasteiger partial charge in [-0.2, -0.15) is 4.98 Å². The Labute approximate surface area is 500 Å². The Balaban J connectivity index is 0.759. The number of H-pyrrole nitrogens is 1. The highest BCUT2D eigenvalue weighted by Gasteiger charge is 2.50. The predicted octanol–water partition coefficient (Wildman–Crippen LogP) is 3.19. The summed E-state index contributed by atoms with van der Waals surface area (Å²) < 4.78 is 23.2. The maximum Gasteiger partial charge on any atom is 0.407 e. The number of rotatable bonds is 22. The van der Waals surface area contributed by atoms with Gasteiger partial charge in [0.25, 0.3) is 11.5 Å². The number of nitrogens with two attached hydrogens (primary N) is 1. The number of benzene rings is 4. The molecule has 456 valence electrons. The van der Waals surface area contributed by atoms with Crippen LogP contribution in [0.3, 0.4) is 0 Å². The summed E-state index contributed by atoms with van der Waals surface area (Å²) in [6.07, 6.45) is -6.92. The lowest BCUT2D eigenvalue weighted by Gasteiger charge is -2.42. The lowest BCUT2D eigenvalue weighted by molar-refractivity contribution is -0.249. The minimum atomic E-state index is -2.20. The minimum Gasteiger partial charge on any atom is -0.507 e. The molecule has 1 saturated heterocycles. The summed E-state index contributed by atoms with van der Waals surface area (Å²) in [7, 11) is 3.45. The molecular weight excluding hydrogens is 1180 g/mol. The van der Waals surface area contributed by atoms with Crippen molar-refractivity contribution < 1.29 is 87.9 Å². The molecule has 1 fully saturated rings. The fourth-order valence-electron chi connectivity index (χ4n) is 10.2. The third kappa shape index (κ3) is 13.6. The number of nitrogen functional groups attached to an aromatic ring is 1. The average Bonchev–Trinajstić information content (AvgIpc) is 0.733. The summed E-state index contributed by atoms with van der Waals surface area (Å²) >= 11 is 0. The normalized spacial score (nSPS) is 20.2. The van der Waals surface area contributed by atoms with Gasteiger partial charge in [0.05, 0.1) is 60.5 Å². The maximum absolute atomic E-state index is 14.1. The zero-order valence-electron chi connectivity index (χ0n) is 46.4. The zero-order chi connectivity index (χ0) is 62.6. The van der Waals surface area contributed by atoms with Gasteiger partial charge in [-0.1, -0.05) is 51.9 Å². The van der Waals surface area contributed by atoms with E-state index in [0.29, 0.717) is 21.8 Å². The number of carbonyl (C=O) groups is 8. The second-order valence-corrected chi connectivity index (χ2v) is 22.9. The first kappa shape index (κ1) is 62.3. The zero-order valence-corrected chi connectivity index (χ0v) is 48.0. The van der Waals surface area contributed by atoms with Crippen LogP contribution in [0, 0.1) is 0 Å². The number of aromatic nitrogens is 4. The van der Waals surface area contributed by atoms with Crippen molar-refractivity contribution >= 4 is 91.6 Å². The van der Waals surface area contributed by atoms with Gasteiger partial charge in [-0.15, -0.1) is 0 Å². The Morgan fingerprint density at radius 1 is 0.908 bits per heavy atom. The van der Waals surface area contributed by atoms with E-state index in [1.54, 1.807) is 36.4 Å².